The first-order valence-corrected chi connectivity index (χ1v) is 15.9. The van der Waals surface area contributed by atoms with Gasteiger partial charge in [0, 0.05) is 18.4 Å². The molecule has 2 aromatic carbocycles. The summed E-state index contributed by atoms with van der Waals surface area (Å²) >= 11 is 0. The number of nitrogens with one attached hydrogen (secondary N) is 3. The van der Waals surface area contributed by atoms with Crippen molar-refractivity contribution < 1.29 is 33.2 Å². The van der Waals surface area contributed by atoms with Crippen molar-refractivity contribution in [2.45, 2.75) is 51.9 Å². The van der Waals surface area contributed by atoms with E-state index in [0.29, 0.717) is 97.6 Å². The highest BCUT2D eigenvalue weighted by atomic mass is 16.6. The highest BCUT2D eigenvalue weighted by molar-refractivity contribution is 5.94. The van der Waals surface area contributed by atoms with E-state index in [2.05, 4.69) is 21.0 Å². The quantitative estimate of drug-likeness (QED) is 0.220. The number of aromatic nitrogens is 4. The van der Waals surface area contributed by atoms with Gasteiger partial charge < -0.3 is 39.1 Å². The van der Waals surface area contributed by atoms with E-state index in [0.717, 1.165) is 19.3 Å². The summed E-state index contributed by atoms with van der Waals surface area (Å²) in [6, 6.07) is 12.9. The maximum absolute atomic E-state index is 12.6. The Labute approximate surface area is 273 Å². The maximum Gasteiger partial charge on any atom is 0.412 e. The Hall–Kier alpha value is -4.66. The van der Waals surface area contributed by atoms with Crippen LogP contribution in [0.4, 0.5) is 33.6 Å². The lowest BCUT2D eigenvalue weighted by Gasteiger charge is -2.23. The molecule has 0 radical (unpaired) electrons. The summed E-state index contributed by atoms with van der Waals surface area (Å²) in [5.74, 6) is 1.96. The van der Waals surface area contributed by atoms with E-state index in [4.69, 9.17) is 38.4 Å². The number of anilines is 5. The summed E-state index contributed by atoms with van der Waals surface area (Å²) in [5, 5.41) is 14.9. The Morgan fingerprint density at radius 3 is 2.36 bits per heavy atom. The van der Waals surface area contributed by atoms with Crippen LogP contribution in [0, 0.1) is 0 Å². The van der Waals surface area contributed by atoms with E-state index < -0.39 is 11.7 Å². The van der Waals surface area contributed by atoms with Crippen LogP contribution in [0.2, 0.25) is 0 Å². The molecule has 2 aromatic heterocycles. The van der Waals surface area contributed by atoms with Crippen LogP contribution in [0.25, 0.3) is 11.0 Å². The van der Waals surface area contributed by atoms with Gasteiger partial charge in [-0.05, 0) is 64.3 Å². The van der Waals surface area contributed by atoms with Crippen LogP contribution in [0.1, 0.15) is 46.3 Å². The van der Waals surface area contributed by atoms with Crippen LogP contribution in [-0.2, 0) is 18.9 Å². The summed E-state index contributed by atoms with van der Waals surface area (Å²) in [6.07, 6.45) is 3.78. The fourth-order valence-corrected chi connectivity index (χ4v) is 5.14. The van der Waals surface area contributed by atoms with E-state index in [1.54, 1.807) is 16.9 Å². The lowest BCUT2D eigenvalue weighted by molar-refractivity contribution is -0.0370. The van der Waals surface area contributed by atoms with Crippen molar-refractivity contribution in [3.8, 4) is 11.5 Å². The van der Waals surface area contributed by atoms with Crippen LogP contribution in [-0.4, -0.2) is 77.7 Å². The summed E-state index contributed by atoms with van der Waals surface area (Å²) in [6.45, 7) is 8.72. The van der Waals surface area contributed by atoms with Crippen molar-refractivity contribution >= 4 is 46.0 Å². The van der Waals surface area contributed by atoms with Crippen molar-refractivity contribution in [2.75, 3.05) is 62.2 Å². The van der Waals surface area contributed by atoms with Gasteiger partial charge in [-0.2, -0.15) is 15.1 Å². The van der Waals surface area contributed by atoms with Crippen LogP contribution < -0.4 is 25.4 Å². The topological polar surface area (TPSA) is 152 Å². The molecule has 14 heteroatoms. The van der Waals surface area contributed by atoms with Crippen molar-refractivity contribution in [2.24, 2.45) is 0 Å². The van der Waals surface area contributed by atoms with Crippen LogP contribution in [0.15, 0.2) is 48.7 Å². The molecule has 3 N–H and O–H groups in total. The molecule has 0 aliphatic carbocycles. The van der Waals surface area contributed by atoms with Crippen LogP contribution in [0.5, 0.6) is 11.5 Å². The van der Waals surface area contributed by atoms with Crippen LogP contribution in [0.3, 0.4) is 0 Å². The van der Waals surface area contributed by atoms with E-state index in [1.165, 1.54) is 0 Å². The Bertz CT molecular complexity index is 1670. The second-order valence-electron chi connectivity index (χ2n) is 12.0. The number of benzene rings is 2. The summed E-state index contributed by atoms with van der Waals surface area (Å²) in [5.41, 5.74) is 1.78. The van der Waals surface area contributed by atoms with E-state index in [-0.39, 0.29) is 6.23 Å². The third kappa shape index (κ3) is 8.58. The predicted molar refractivity (Wildman–Crippen MR) is 176 cm³/mol. The second-order valence-corrected chi connectivity index (χ2v) is 12.0. The number of carbonyl (C=O) groups excluding carboxylic acids is 1. The Balaban J connectivity index is 1.32. The average molecular weight is 648 g/mol. The van der Waals surface area contributed by atoms with E-state index in [1.807, 2.05) is 57.2 Å². The zero-order valence-corrected chi connectivity index (χ0v) is 26.9. The summed E-state index contributed by atoms with van der Waals surface area (Å²) < 4.78 is 36.4. The number of para-hydroxylation sites is 2. The molecule has 1 amide bonds. The molecule has 47 heavy (non-hydrogen) atoms. The molecular formula is C33H41N7O7. The highest BCUT2D eigenvalue weighted by Gasteiger charge is 2.23. The molecular weight excluding hydrogens is 606 g/mol. The first-order chi connectivity index (χ1) is 22.8. The molecule has 250 valence electrons. The van der Waals surface area contributed by atoms with Gasteiger partial charge in [0.2, 0.25) is 5.95 Å². The minimum absolute atomic E-state index is 0.243. The van der Waals surface area contributed by atoms with Gasteiger partial charge in [-0.1, -0.05) is 12.1 Å². The molecule has 0 saturated carbocycles. The van der Waals surface area contributed by atoms with Crippen molar-refractivity contribution in [3.63, 3.8) is 0 Å². The van der Waals surface area contributed by atoms with Crippen molar-refractivity contribution in [1.29, 1.82) is 0 Å². The van der Waals surface area contributed by atoms with E-state index in [9.17, 15) is 4.79 Å². The monoisotopic (exact) mass is 647 g/mol. The van der Waals surface area contributed by atoms with Crippen molar-refractivity contribution in [1.82, 2.24) is 19.7 Å². The molecule has 4 heterocycles. The second kappa shape index (κ2) is 14.8. The molecule has 4 aromatic rings. The zero-order valence-electron chi connectivity index (χ0n) is 26.9. The van der Waals surface area contributed by atoms with Gasteiger partial charge in [0.1, 0.15) is 24.6 Å². The molecule has 0 spiro atoms. The predicted octanol–water partition coefficient (Wildman–Crippen LogP) is 6.16. The fourth-order valence-electron chi connectivity index (χ4n) is 5.14. The molecule has 1 atom stereocenters. The largest absolute Gasteiger partial charge is 0.487 e. The van der Waals surface area contributed by atoms with Gasteiger partial charge in [-0.15, -0.1) is 0 Å². The van der Waals surface area contributed by atoms with E-state index >= 15 is 0 Å². The molecule has 1 saturated heterocycles. The number of fused-ring (bicyclic) bond motifs is 2. The normalized spacial score (nSPS) is 17.6. The van der Waals surface area contributed by atoms with Gasteiger partial charge in [-0.25, -0.2) is 9.48 Å². The van der Waals surface area contributed by atoms with Gasteiger partial charge in [0.05, 0.1) is 49.4 Å². The molecule has 2 aliphatic rings. The van der Waals surface area contributed by atoms with Gasteiger partial charge in [0.25, 0.3) is 0 Å². The smallest absolute Gasteiger partial charge is 0.412 e. The highest BCUT2D eigenvalue weighted by Crippen LogP contribution is 2.35. The van der Waals surface area contributed by atoms with Gasteiger partial charge in [0.15, 0.2) is 23.4 Å². The first-order valence-electron chi connectivity index (χ1n) is 15.9. The molecule has 1 unspecified atom stereocenters. The standard InChI is InChI=1S/C33H41N7O7/c1-33(2,3)47-32(41)37-25-9-5-4-8-24(25)36-29-23-21-34-40(28-10-6-7-13-46-28)30(23)39-31(38-29)35-22-11-12-26-27(20-22)45-19-17-43-15-14-42-16-18-44-26/h4-5,8-9,11-12,20-21,28H,6-7,10,13-19H2,1-3H3,(H,37,41)(H2,35,36,38,39). The zero-order chi connectivity index (χ0) is 32.6. The third-order valence-electron chi connectivity index (χ3n) is 7.24. The van der Waals surface area contributed by atoms with Crippen LogP contribution >= 0.6 is 0 Å². The summed E-state index contributed by atoms with van der Waals surface area (Å²) in [7, 11) is 0. The number of ether oxygens (including phenoxy) is 6. The maximum atomic E-state index is 12.6. The number of hydrogen-bond acceptors (Lipinski definition) is 12. The number of rotatable bonds is 6. The third-order valence-corrected chi connectivity index (χ3v) is 7.24. The van der Waals surface area contributed by atoms with Gasteiger partial charge in [-0.3, -0.25) is 5.32 Å². The Morgan fingerprint density at radius 1 is 0.872 bits per heavy atom. The Kier molecular flexibility index (Phi) is 10.2. The number of amides is 1. The lowest BCUT2D eigenvalue weighted by atomic mass is 10.2. The Morgan fingerprint density at radius 2 is 1.62 bits per heavy atom. The number of nitrogens with zero attached hydrogens (tertiary/aromatic N) is 4. The fraction of sp³-hybridized carbons (Fsp3) is 0.455. The molecule has 0 bridgehead atoms. The lowest BCUT2D eigenvalue weighted by Crippen LogP contribution is -2.27. The number of hydrogen-bond donors (Lipinski definition) is 3. The summed E-state index contributed by atoms with van der Waals surface area (Å²) in [4.78, 5) is 22.4. The molecule has 2 aliphatic heterocycles. The van der Waals surface area contributed by atoms with Gasteiger partial charge >= 0.3 is 6.09 Å². The first kappa shape index (κ1) is 32.3. The average Bonchev–Trinajstić information content (AvgIpc) is 3.46. The molecule has 14 nitrogen and oxygen atoms in total. The van der Waals surface area contributed by atoms with Crippen molar-refractivity contribution in [3.05, 3.63) is 48.7 Å². The minimum Gasteiger partial charge on any atom is -0.487 e. The number of carbonyl (C=O) groups is 1. The molecule has 1 fully saturated rings. The minimum atomic E-state index is -0.646. The molecule has 6 rings (SSSR count). The SMILES string of the molecule is CC(C)(C)OC(=O)Nc1ccccc1Nc1nc(Nc2ccc3c(c2)OCCOCCOCCO3)nc2c1cnn2C1CCCCO1.